The molecule has 0 amide bonds. The number of rotatable bonds is 7. The maximum atomic E-state index is 5.94. The lowest BCUT2D eigenvalue weighted by Gasteiger charge is -2.21. The van der Waals surface area contributed by atoms with E-state index in [0.717, 1.165) is 24.2 Å². The van der Waals surface area contributed by atoms with Crippen molar-refractivity contribution in [2.45, 2.75) is 32.9 Å². The van der Waals surface area contributed by atoms with Gasteiger partial charge in [0.25, 0.3) is 0 Å². The van der Waals surface area contributed by atoms with Crippen molar-refractivity contribution < 1.29 is 4.74 Å². The van der Waals surface area contributed by atoms with E-state index in [4.69, 9.17) is 4.74 Å². The molecule has 0 saturated heterocycles. The number of nitrogens with one attached hydrogen (secondary N) is 1. The number of hydrogen-bond donors (Lipinski definition) is 1. The van der Waals surface area contributed by atoms with Crippen LogP contribution in [0.15, 0.2) is 54.6 Å². The number of H-pyrrole nitrogens is 1. The predicted octanol–water partition coefficient (Wildman–Crippen LogP) is 4.63. The summed E-state index contributed by atoms with van der Waals surface area (Å²) < 4.78 is 5.94. The van der Waals surface area contributed by atoms with Crippen molar-refractivity contribution in [3.8, 4) is 17.6 Å². The Hall–Kier alpha value is -2.70. The van der Waals surface area contributed by atoms with Crippen LogP contribution in [0.5, 0.6) is 5.75 Å². The van der Waals surface area contributed by atoms with E-state index < -0.39 is 0 Å². The summed E-state index contributed by atoms with van der Waals surface area (Å²) in [7, 11) is 2.12. The molecule has 3 nitrogen and oxygen atoms in total. The summed E-state index contributed by atoms with van der Waals surface area (Å²) in [5.74, 6) is 6.98. The van der Waals surface area contributed by atoms with E-state index in [-0.39, 0.29) is 0 Å². The van der Waals surface area contributed by atoms with Crippen LogP contribution < -0.4 is 4.74 Å². The second kappa shape index (κ2) is 8.60. The molecule has 0 saturated carbocycles. The van der Waals surface area contributed by atoms with Crippen LogP contribution in [0.4, 0.5) is 0 Å². The van der Waals surface area contributed by atoms with Gasteiger partial charge in [0.05, 0.1) is 6.54 Å². The zero-order valence-corrected chi connectivity index (χ0v) is 15.8. The van der Waals surface area contributed by atoms with Gasteiger partial charge in [-0.3, -0.25) is 4.90 Å². The molecule has 0 aliphatic heterocycles. The Bertz CT molecular complexity index is 902. The summed E-state index contributed by atoms with van der Waals surface area (Å²) >= 11 is 0. The maximum Gasteiger partial charge on any atom is 0.120 e. The standard InChI is InChI=1S/C23H26N2O/c1-4-5-13-25(3)18(2)14-21-15-20-16-22(11-12-23(20)24-21)26-17-19-9-7-6-8-10-19/h6-12,15-16,18,24H,13-14,17H2,1-3H3. The number of fused-ring (bicyclic) bond motifs is 1. The Kier molecular flexibility index (Phi) is 5.99. The van der Waals surface area contributed by atoms with Gasteiger partial charge in [-0.25, -0.2) is 0 Å². The molecule has 1 aromatic heterocycles. The smallest absolute Gasteiger partial charge is 0.120 e. The molecular weight excluding hydrogens is 320 g/mol. The van der Waals surface area contributed by atoms with Gasteiger partial charge in [-0.05, 0) is 50.7 Å². The molecule has 3 rings (SSSR count). The Morgan fingerprint density at radius 3 is 2.69 bits per heavy atom. The van der Waals surface area contributed by atoms with Gasteiger partial charge in [0.2, 0.25) is 0 Å². The van der Waals surface area contributed by atoms with Gasteiger partial charge in [0.15, 0.2) is 0 Å². The lowest BCUT2D eigenvalue weighted by molar-refractivity contribution is 0.286. The molecule has 3 aromatic rings. The van der Waals surface area contributed by atoms with Crippen LogP contribution in [0.1, 0.15) is 25.1 Å². The van der Waals surface area contributed by atoms with E-state index in [1.54, 1.807) is 0 Å². The Morgan fingerprint density at radius 2 is 1.92 bits per heavy atom. The minimum absolute atomic E-state index is 0.428. The molecule has 0 aliphatic carbocycles. The normalized spacial score (nSPS) is 12.0. The summed E-state index contributed by atoms with van der Waals surface area (Å²) in [5.41, 5.74) is 3.56. The fourth-order valence-electron chi connectivity index (χ4n) is 2.95. The SMILES string of the molecule is CC#CCN(C)C(C)Cc1cc2cc(OCc3ccccc3)ccc2[nH]1. The molecule has 1 heterocycles. The van der Waals surface area contributed by atoms with Gasteiger partial charge in [-0.15, -0.1) is 5.92 Å². The average Bonchev–Trinajstić information content (AvgIpc) is 3.06. The summed E-state index contributed by atoms with van der Waals surface area (Å²) in [5, 5.41) is 1.19. The Morgan fingerprint density at radius 1 is 1.12 bits per heavy atom. The van der Waals surface area contributed by atoms with Gasteiger partial charge in [-0.1, -0.05) is 36.3 Å². The molecule has 1 N–H and O–H groups in total. The number of aromatic nitrogens is 1. The van der Waals surface area contributed by atoms with E-state index in [2.05, 4.69) is 66.0 Å². The van der Waals surface area contributed by atoms with Gasteiger partial charge < -0.3 is 9.72 Å². The molecular formula is C23H26N2O. The zero-order valence-electron chi connectivity index (χ0n) is 15.8. The van der Waals surface area contributed by atoms with Gasteiger partial charge >= 0.3 is 0 Å². The first-order valence-electron chi connectivity index (χ1n) is 9.04. The molecule has 3 heteroatoms. The van der Waals surface area contributed by atoms with Crippen molar-refractivity contribution in [2.75, 3.05) is 13.6 Å². The van der Waals surface area contributed by atoms with Crippen LogP contribution in [0.2, 0.25) is 0 Å². The molecule has 0 aliphatic rings. The third-order valence-corrected chi connectivity index (χ3v) is 4.67. The lowest BCUT2D eigenvalue weighted by Crippen LogP contribution is -2.31. The van der Waals surface area contributed by atoms with Crippen LogP contribution in [-0.4, -0.2) is 29.5 Å². The molecule has 2 aromatic carbocycles. The van der Waals surface area contributed by atoms with Crippen molar-refractivity contribution >= 4 is 10.9 Å². The molecule has 0 bridgehead atoms. The summed E-state index contributed by atoms with van der Waals surface area (Å²) in [4.78, 5) is 5.79. The molecule has 1 atom stereocenters. The predicted molar refractivity (Wildman–Crippen MR) is 108 cm³/mol. The van der Waals surface area contributed by atoms with E-state index >= 15 is 0 Å². The van der Waals surface area contributed by atoms with Crippen LogP contribution in [0, 0.1) is 11.8 Å². The molecule has 26 heavy (non-hydrogen) atoms. The fourth-order valence-corrected chi connectivity index (χ4v) is 2.95. The largest absolute Gasteiger partial charge is 0.489 e. The lowest BCUT2D eigenvalue weighted by atomic mass is 10.1. The molecule has 0 fully saturated rings. The number of aromatic amines is 1. The molecule has 0 radical (unpaired) electrons. The van der Waals surface area contributed by atoms with Crippen LogP contribution >= 0.6 is 0 Å². The highest BCUT2D eigenvalue weighted by atomic mass is 16.5. The second-order valence-electron chi connectivity index (χ2n) is 6.71. The summed E-state index contributed by atoms with van der Waals surface area (Å²) in [6.07, 6.45) is 0.969. The van der Waals surface area contributed by atoms with Gasteiger partial charge in [-0.2, -0.15) is 0 Å². The summed E-state index contributed by atoms with van der Waals surface area (Å²) in [6, 6.07) is 19.1. The van der Waals surface area contributed by atoms with Crippen molar-refractivity contribution in [2.24, 2.45) is 0 Å². The zero-order chi connectivity index (χ0) is 18.4. The first-order chi connectivity index (χ1) is 12.7. The third kappa shape index (κ3) is 4.68. The highest BCUT2D eigenvalue weighted by molar-refractivity contribution is 5.81. The fraction of sp³-hybridized carbons (Fsp3) is 0.304. The van der Waals surface area contributed by atoms with E-state index in [0.29, 0.717) is 12.6 Å². The quantitative estimate of drug-likeness (QED) is 0.632. The van der Waals surface area contributed by atoms with Crippen LogP contribution in [0.3, 0.4) is 0 Å². The van der Waals surface area contributed by atoms with Crippen molar-refractivity contribution in [1.29, 1.82) is 0 Å². The number of ether oxygens (including phenoxy) is 1. The third-order valence-electron chi connectivity index (χ3n) is 4.67. The Labute approximate surface area is 156 Å². The summed E-state index contributed by atoms with van der Waals surface area (Å²) in [6.45, 7) is 5.50. The molecule has 134 valence electrons. The molecule has 1 unspecified atom stereocenters. The highest BCUT2D eigenvalue weighted by Gasteiger charge is 2.11. The number of benzene rings is 2. The van der Waals surface area contributed by atoms with Crippen molar-refractivity contribution in [3.63, 3.8) is 0 Å². The Balaban J connectivity index is 1.65. The van der Waals surface area contributed by atoms with Gasteiger partial charge in [0.1, 0.15) is 12.4 Å². The monoisotopic (exact) mass is 346 g/mol. The number of nitrogens with zero attached hydrogens (tertiary/aromatic N) is 1. The number of hydrogen-bond acceptors (Lipinski definition) is 2. The number of likely N-dealkylation sites (N-methyl/N-ethyl adjacent to an activating group) is 1. The second-order valence-corrected chi connectivity index (χ2v) is 6.71. The minimum atomic E-state index is 0.428. The van der Waals surface area contributed by atoms with Gasteiger partial charge in [0, 0.05) is 29.1 Å². The van der Waals surface area contributed by atoms with Crippen molar-refractivity contribution in [1.82, 2.24) is 9.88 Å². The highest BCUT2D eigenvalue weighted by Crippen LogP contribution is 2.23. The van der Waals surface area contributed by atoms with E-state index in [9.17, 15) is 0 Å². The first kappa shape index (κ1) is 18.1. The average molecular weight is 346 g/mol. The topological polar surface area (TPSA) is 28.3 Å². The first-order valence-corrected chi connectivity index (χ1v) is 9.04. The van der Waals surface area contributed by atoms with E-state index in [1.165, 1.54) is 16.6 Å². The van der Waals surface area contributed by atoms with E-state index in [1.807, 2.05) is 31.2 Å². The van der Waals surface area contributed by atoms with Crippen LogP contribution in [-0.2, 0) is 13.0 Å². The molecule has 0 spiro atoms. The minimum Gasteiger partial charge on any atom is -0.489 e. The maximum absolute atomic E-state index is 5.94. The van der Waals surface area contributed by atoms with Crippen molar-refractivity contribution in [3.05, 3.63) is 65.9 Å². The van der Waals surface area contributed by atoms with Crippen LogP contribution in [0.25, 0.3) is 10.9 Å².